The number of hydrogen-bond acceptors (Lipinski definition) is 4. The molecule has 0 spiro atoms. The minimum Gasteiger partial charge on any atom is -0.443 e. The highest BCUT2D eigenvalue weighted by Crippen LogP contribution is 2.19. The van der Waals surface area contributed by atoms with Gasteiger partial charge in [-0.15, -0.1) is 0 Å². The average Bonchev–Trinajstić information content (AvgIpc) is 2.73. The molecule has 0 aliphatic rings. The van der Waals surface area contributed by atoms with Gasteiger partial charge in [-0.05, 0) is 74.2 Å². The van der Waals surface area contributed by atoms with Crippen LogP contribution in [0.1, 0.15) is 41.8 Å². The van der Waals surface area contributed by atoms with Crippen LogP contribution < -0.4 is 5.32 Å². The number of pyridine rings is 1. The SMILES string of the molecule is CC(C)(CCc1ccccc1)OC(=O)Nc1cc(CC(=O)c2ccc(F)cc2)ccn1. The maximum Gasteiger partial charge on any atom is 0.413 e. The second kappa shape index (κ2) is 9.98. The van der Waals surface area contributed by atoms with Gasteiger partial charge in [0.2, 0.25) is 0 Å². The van der Waals surface area contributed by atoms with Crippen LogP contribution >= 0.6 is 0 Å². The lowest BCUT2D eigenvalue weighted by atomic mass is 9.99. The number of nitrogens with one attached hydrogen (secondary N) is 1. The van der Waals surface area contributed by atoms with Gasteiger partial charge in [0.15, 0.2) is 5.78 Å². The Balaban J connectivity index is 1.55. The van der Waals surface area contributed by atoms with E-state index in [2.05, 4.69) is 10.3 Å². The third-order valence-corrected chi connectivity index (χ3v) is 4.81. The van der Waals surface area contributed by atoms with E-state index in [1.165, 1.54) is 36.0 Å². The first-order valence-electron chi connectivity index (χ1n) is 10.1. The van der Waals surface area contributed by atoms with Crippen LogP contribution in [0.5, 0.6) is 0 Å². The van der Waals surface area contributed by atoms with Crippen molar-refractivity contribution in [3.8, 4) is 0 Å². The molecule has 31 heavy (non-hydrogen) atoms. The summed E-state index contributed by atoms with van der Waals surface area (Å²) in [6.45, 7) is 3.72. The van der Waals surface area contributed by atoms with Crippen LogP contribution in [0.15, 0.2) is 72.9 Å². The lowest BCUT2D eigenvalue weighted by Crippen LogP contribution is -2.31. The van der Waals surface area contributed by atoms with E-state index >= 15 is 0 Å². The van der Waals surface area contributed by atoms with Gasteiger partial charge in [-0.3, -0.25) is 10.1 Å². The fourth-order valence-electron chi connectivity index (χ4n) is 3.10. The number of amides is 1. The van der Waals surface area contributed by atoms with E-state index in [9.17, 15) is 14.0 Å². The molecule has 1 N–H and O–H groups in total. The molecule has 0 fully saturated rings. The second-order valence-corrected chi connectivity index (χ2v) is 7.92. The van der Waals surface area contributed by atoms with Crippen LogP contribution in [0.3, 0.4) is 0 Å². The molecule has 0 unspecified atom stereocenters. The van der Waals surface area contributed by atoms with Crippen molar-refractivity contribution in [3.05, 3.63) is 95.4 Å². The van der Waals surface area contributed by atoms with E-state index in [1.54, 1.807) is 12.1 Å². The highest BCUT2D eigenvalue weighted by molar-refractivity contribution is 5.97. The Morgan fingerprint density at radius 2 is 1.71 bits per heavy atom. The number of nitrogens with zero attached hydrogens (tertiary/aromatic N) is 1. The van der Waals surface area contributed by atoms with Gasteiger partial charge in [0.25, 0.3) is 0 Å². The van der Waals surface area contributed by atoms with Crippen LogP contribution in [0, 0.1) is 5.82 Å². The number of hydrogen-bond donors (Lipinski definition) is 1. The Morgan fingerprint density at radius 1 is 1.00 bits per heavy atom. The van der Waals surface area contributed by atoms with Gasteiger partial charge in [0.1, 0.15) is 17.2 Å². The number of rotatable bonds is 8. The van der Waals surface area contributed by atoms with Crippen LogP contribution in [-0.4, -0.2) is 22.5 Å². The highest BCUT2D eigenvalue weighted by atomic mass is 19.1. The van der Waals surface area contributed by atoms with Gasteiger partial charge >= 0.3 is 6.09 Å². The fourth-order valence-corrected chi connectivity index (χ4v) is 3.10. The molecule has 0 aliphatic heterocycles. The molecular weight excluding hydrogens is 395 g/mol. The van der Waals surface area contributed by atoms with Gasteiger partial charge in [0, 0.05) is 18.2 Å². The molecule has 0 saturated carbocycles. The van der Waals surface area contributed by atoms with E-state index < -0.39 is 17.5 Å². The zero-order valence-corrected chi connectivity index (χ0v) is 17.6. The smallest absolute Gasteiger partial charge is 0.413 e. The summed E-state index contributed by atoms with van der Waals surface area (Å²) in [6, 6.07) is 18.7. The zero-order valence-electron chi connectivity index (χ0n) is 17.6. The third-order valence-electron chi connectivity index (χ3n) is 4.81. The quantitative estimate of drug-likeness (QED) is 0.481. The predicted molar refractivity (Wildman–Crippen MR) is 118 cm³/mol. The summed E-state index contributed by atoms with van der Waals surface area (Å²) < 4.78 is 18.6. The van der Waals surface area contributed by atoms with Crippen LogP contribution in [-0.2, 0) is 17.6 Å². The van der Waals surface area contributed by atoms with Gasteiger partial charge in [0.05, 0.1) is 0 Å². The molecule has 0 atom stereocenters. The Hall–Kier alpha value is -3.54. The lowest BCUT2D eigenvalue weighted by Gasteiger charge is -2.25. The van der Waals surface area contributed by atoms with Crippen LogP contribution in [0.4, 0.5) is 15.0 Å². The number of aromatic nitrogens is 1. The molecule has 0 bridgehead atoms. The monoisotopic (exact) mass is 420 g/mol. The summed E-state index contributed by atoms with van der Waals surface area (Å²) >= 11 is 0. The summed E-state index contributed by atoms with van der Waals surface area (Å²) in [5.41, 5.74) is 1.63. The van der Waals surface area contributed by atoms with Crippen molar-refractivity contribution in [2.75, 3.05) is 5.32 Å². The zero-order chi connectivity index (χ0) is 22.3. The largest absolute Gasteiger partial charge is 0.443 e. The fraction of sp³-hybridized carbons (Fsp3) is 0.240. The number of benzene rings is 2. The van der Waals surface area contributed by atoms with Gasteiger partial charge in [-0.2, -0.15) is 0 Å². The maximum absolute atomic E-state index is 13.0. The van der Waals surface area contributed by atoms with E-state index in [0.29, 0.717) is 23.4 Å². The number of anilines is 1. The van der Waals surface area contributed by atoms with E-state index in [1.807, 2.05) is 44.2 Å². The summed E-state index contributed by atoms with van der Waals surface area (Å²) in [5, 5.41) is 2.62. The molecule has 2 aromatic carbocycles. The Kier molecular flexibility index (Phi) is 7.13. The predicted octanol–water partition coefficient (Wildman–Crippen LogP) is 5.61. The molecule has 0 saturated heterocycles. The molecule has 3 aromatic rings. The summed E-state index contributed by atoms with van der Waals surface area (Å²) in [4.78, 5) is 28.9. The second-order valence-electron chi connectivity index (χ2n) is 7.92. The Labute approximate surface area is 181 Å². The Bertz CT molecular complexity index is 1030. The van der Waals surface area contributed by atoms with Gasteiger partial charge in [-0.25, -0.2) is 14.2 Å². The molecule has 1 heterocycles. The highest BCUT2D eigenvalue weighted by Gasteiger charge is 2.23. The number of Topliss-reactive ketones (excluding diaryl/α,β-unsaturated/α-hetero) is 1. The Morgan fingerprint density at radius 3 is 2.42 bits per heavy atom. The van der Waals surface area contributed by atoms with E-state index in [-0.39, 0.29) is 12.2 Å². The molecule has 6 heteroatoms. The number of aryl methyl sites for hydroxylation is 1. The van der Waals surface area contributed by atoms with Crippen molar-refractivity contribution >= 4 is 17.7 Å². The molecule has 1 amide bonds. The standard InChI is InChI=1S/C25H25FN2O3/c1-25(2,14-12-18-6-4-3-5-7-18)31-24(30)28-23-17-19(13-15-27-23)16-22(29)20-8-10-21(26)11-9-20/h3-11,13,15,17H,12,14,16H2,1-2H3,(H,27,28,30). The summed E-state index contributed by atoms with van der Waals surface area (Å²) in [5.74, 6) is -0.243. The number of halogens is 1. The first kappa shape index (κ1) is 22.2. The van der Waals surface area contributed by atoms with Crippen LogP contribution in [0.2, 0.25) is 0 Å². The minimum absolute atomic E-state index is 0.112. The van der Waals surface area contributed by atoms with Crippen molar-refractivity contribution in [2.24, 2.45) is 0 Å². The number of ketones is 1. The lowest BCUT2D eigenvalue weighted by molar-refractivity contribution is 0.0426. The van der Waals surface area contributed by atoms with Crippen molar-refractivity contribution in [1.82, 2.24) is 4.98 Å². The van der Waals surface area contributed by atoms with Crippen LogP contribution in [0.25, 0.3) is 0 Å². The molecule has 3 rings (SSSR count). The van der Waals surface area contributed by atoms with Crippen molar-refractivity contribution < 1.29 is 18.7 Å². The van der Waals surface area contributed by atoms with E-state index in [4.69, 9.17) is 4.74 Å². The average molecular weight is 420 g/mol. The number of ether oxygens (including phenoxy) is 1. The number of carbonyl (C=O) groups is 2. The molecule has 0 radical (unpaired) electrons. The molecule has 160 valence electrons. The maximum atomic E-state index is 13.0. The van der Waals surface area contributed by atoms with Crippen molar-refractivity contribution in [1.29, 1.82) is 0 Å². The van der Waals surface area contributed by atoms with Crippen molar-refractivity contribution in [2.45, 2.75) is 38.7 Å². The normalized spacial score (nSPS) is 11.1. The molecular formula is C25H25FN2O3. The summed E-state index contributed by atoms with van der Waals surface area (Å²) in [7, 11) is 0. The van der Waals surface area contributed by atoms with Crippen molar-refractivity contribution in [3.63, 3.8) is 0 Å². The first-order valence-corrected chi connectivity index (χ1v) is 10.1. The first-order chi connectivity index (χ1) is 14.8. The minimum atomic E-state index is -0.657. The number of carbonyl (C=O) groups excluding carboxylic acids is 2. The van der Waals surface area contributed by atoms with E-state index in [0.717, 1.165) is 6.42 Å². The molecule has 0 aliphatic carbocycles. The van der Waals surface area contributed by atoms with Gasteiger partial charge in [-0.1, -0.05) is 30.3 Å². The molecule has 1 aromatic heterocycles. The van der Waals surface area contributed by atoms with Gasteiger partial charge < -0.3 is 4.74 Å². The third kappa shape index (κ3) is 7.03. The molecule has 5 nitrogen and oxygen atoms in total. The topological polar surface area (TPSA) is 68.3 Å². The summed E-state index contributed by atoms with van der Waals surface area (Å²) in [6.07, 6.45) is 2.49.